The fourth-order valence-corrected chi connectivity index (χ4v) is 3.64. The Balaban J connectivity index is 1.62. The Hall–Kier alpha value is -2.48. The van der Waals surface area contributed by atoms with Gasteiger partial charge in [-0.25, -0.2) is 0 Å². The van der Waals surface area contributed by atoms with E-state index in [9.17, 15) is 15.2 Å². The predicted molar refractivity (Wildman–Crippen MR) is 106 cm³/mol. The standard InChI is InChI=1S/C23H26N2O2/c24-15-19(14-23(27)22-6-1-2-11-25-22)12-17-7-9-20(10-8-17)21-5-3-4-18(13-21)16-26/h3-5,7-10,13,19,22,25-26H,1-2,6,11-12,14,16H2/t19-,22+/m1/s1. The van der Waals surface area contributed by atoms with Crippen molar-refractivity contribution in [1.82, 2.24) is 5.32 Å². The molecule has 1 saturated heterocycles. The molecule has 2 aromatic carbocycles. The number of aliphatic hydroxyl groups is 1. The zero-order valence-corrected chi connectivity index (χ0v) is 15.5. The van der Waals surface area contributed by atoms with E-state index in [1.807, 2.05) is 48.5 Å². The summed E-state index contributed by atoms with van der Waals surface area (Å²) in [5, 5.41) is 22.0. The lowest BCUT2D eigenvalue weighted by molar-refractivity contribution is -0.122. The minimum atomic E-state index is -0.287. The Morgan fingerprint density at radius 1 is 1.15 bits per heavy atom. The summed E-state index contributed by atoms with van der Waals surface area (Å²) in [6.45, 7) is 0.923. The van der Waals surface area contributed by atoms with Gasteiger partial charge in [0.1, 0.15) is 0 Å². The second-order valence-electron chi connectivity index (χ2n) is 7.26. The number of benzene rings is 2. The Kier molecular flexibility index (Phi) is 6.75. The van der Waals surface area contributed by atoms with Gasteiger partial charge in [0.25, 0.3) is 0 Å². The first-order valence-electron chi connectivity index (χ1n) is 9.64. The molecule has 0 radical (unpaired) electrons. The number of piperidine rings is 1. The van der Waals surface area contributed by atoms with Crippen LogP contribution in [0, 0.1) is 17.2 Å². The van der Waals surface area contributed by atoms with Crippen molar-refractivity contribution in [1.29, 1.82) is 5.26 Å². The monoisotopic (exact) mass is 362 g/mol. The molecule has 2 N–H and O–H groups in total. The number of ketones is 1. The van der Waals surface area contributed by atoms with Gasteiger partial charge in [-0.05, 0) is 54.1 Å². The second-order valence-corrected chi connectivity index (χ2v) is 7.26. The van der Waals surface area contributed by atoms with Crippen molar-refractivity contribution < 1.29 is 9.90 Å². The van der Waals surface area contributed by atoms with Crippen molar-refractivity contribution in [3.8, 4) is 17.2 Å². The molecule has 1 fully saturated rings. The van der Waals surface area contributed by atoms with Crippen LogP contribution in [-0.4, -0.2) is 23.5 Å². The van der Waals surface area contributed by atoms with Gasteiger partial charge in [-0.15, -0.1) is 0 Å². The van der Waals surface area contributed by atoms with Crippen LogP contribution < -0.4 is 5.32 Å². The van der Waals surface area contributed by atoms with E-state index < -0.39 is 0 Å². The highest BCUT2D eigenvalue weighted by Gasteiger charge is 2.23. The van der Waals surface area contributed by atoms with Gasteiger partial charge in [-0.1, -0.05) is 48.9 Å². The van der Waals surface area contributed by atoms with E-state index in [1.165, 1.54) is 0 Å². The van der Waals surface area contributed by atoms with Gasteiger partial charge in [0.15, 0.2) is 5.78 Å². The van der Waals surface area contributed by atoms with Crippen molar-refractivity contribution in [2.45, 2.75) is 44.8 Å². The molecule has 0 saturated carbocycles. The fraction of sp³-hybridized carbons (Fsp3) is 0.391. The summed E-state index contributed by atoms with van der Waals surface area (Å²) in [5.74, 6) is -0.122. The molecular weight excluding hydrogens is 336 g/mol. The zero-order chi connectivity index (χ0) is 19.1. The van der Waals surface area contributed by atoms with Gasteiger partial charge in [-0.2, -0.15) is 5.26 Å². The third kappa shape index (κ3) is 5.26. The quantitative estimate of drug-likeness (QED) is 0.789. The minimum Gasteiger partial charge on any atom is -0.392 e. The number of rotatable bonds is 7. The minimum absolute atomic E-state index is 0.0274. The average Bonchev–Trinajstić information content (AvgIpc) is 2.74. The molecule has 4 nitrogen and oxygen atoms in total. The van der Waals surface area contributed by atoms with E-state index in [1.54, 1.807) is 0 Å². The number of carbonyl (C=O) groups excluding carboxylic acids is 1. The van der Waals surface area contributed by atoms with Crippen LogP contribution in [0.25, 0.3) is 11.1 Å². The van der Waals surface area contributed by atoms with Gasteiger partial charge in [0, 0.05) is 6.42 Å². The largest absolute Gasteiger partial charge is 0.392 e. The second kappa shape index (κ2) is 9.45. The maximum atomic E-state index is 12.4. The fourth-order valence-electron chi connectivity index (χ4n) is 3.64. The predicted octanol–water partition coefficient (Wildman–Crippen LogP) is 3.63. The molecule has 0 aromatic heterocycles. The highest BCUT2D eigenvalue weighted by atomic mass is 16.3. The number of nitrogens with one attached hydrogen (secondary N) is 1. The van der Waals surface area contributed by atoms with Crippen LogP contribution in [0.1, 0.15) is 36.8 Å². The first-order valence-corrected chi connectivity index (χ1v) is 9.64. The summed E-state index contributed by atoms with van der Waals surface area (Å²) in [4.78, 5) is 12.4. The van der Waals surface area contributed by atoms with E-state index in [4.69, 9.17) is 0 Å². The van der Waals surface area contributed by atoms with E-state index in [2.05, 4.69) is 11.4 Å². The molecule has 0 amide bonds. The van der Waals surface area contributed by atoms with E-state index in [0.717, 1.165) is 48.1 Å². The van der Waals surface area contributed by atoms with E-state index in [0.29, 0.717) is 12.8 Å². The maximum absolute atomic E-state index is 12.4. The van der Waals surface area contributed by atoms with Gasteiger partial charge in [0.2, 0.25) is 0 Å². The highest BCUT2D eigenvalue weighted by molar-refractivity contribution is 5.84. The Labute approximate surface area is 160 Å². The number of nitrogens with zero attached hydrogens (tertiary/aromatic N) is 1. The van der Waals surface area contributed by atoms with Crippen molar-refractivity contribution in [2.24, 2.45) is 5.92 Å². The molecule has 0 bridgehead atoms. The number of aliphatic hydroxyl groups excluding tert-OH is 1. The van der Waals surface area contributed by atoms with E-state index in [-0.39, 0.29) is 24.3 Å². The molecule has 1 heterocycles. The normalized spacial score (nSPS) is 17.9. The Morgan fingerprint density at radius 3 is 2.63 bits per heavy atom. The summed E-state index contributed by atoms with van der Waals surface area (Å²) in [7, 11) is 0. The van der Waals surface area contributed by atoms with E-state index >= 15 is 0 Å². The lowest BCUT2D eigenvalue weighted by Crippen LogP contribution is -2.41. The first kappa shape index (κ1) is 19.3. The molecule has 0 aliphatic carbocycles. The number of hydrogen-bond acceptors (Lipinski definition) is 4. The van der Waals surface area contributed by atoms with Crippen molar-refractivity contribution in [2.75, 3.05) is 6.54 Å². The van der Waals surface area contributed by atoms with Crippen LogP contribution in [-0.2, 0) is 17.8 Å². The summed E-state index contributed by atoms with van der Waals surface area (Å²) in [5.41, 5.74) is 4.08. The highest BCUT2D eigenvalue weighted by Crippen LogP contribution is 2.23. The molecule has 4 heteroatoms. The molecule has 140 valence electrons. The Morgan fingerprint density at radius 2 is 1.96 bits per heavy atom. The summed E-state index contributed by atoms with van der Waals surface area (Å²) >= 11 is 0. The van der Waals surface area contributed by atoms with Gasteiger partial charge in [0.05, 0.1) is 24.6 Å². The van der Waals surface area contributed by atoms with Crippen LogP contribution in [0.15, 0.2) is 48.5 Å². The van der Waals surface area contributed by atoms with Crippen molar-refractivity contribution >= 4 is 5.78 Å². The van der Waals surface area contributed by atoms with Crippen LogP contribution in [0.5, 0.6) is 0 Å². The Bertz CT molecular complexity index is 802. The van der Waals surface area contributed by atoms with Gasteiger partial charge in [-0.3, -0.25) is 4.79 Å². The third-order valence-corrected chi connectivity index (χ3v) is 5.21. The van der Waals surface area contributed by atoms with Crippen LogP contribution in [0.3, 0.4) is 0 Å². The van der Waals surface area contributed by atoms with Crippen molar-refractivity contribution in [3.05, 3.63) is 59.7 Å². The van der Waals surface area contributed by atoms with Gasteiger partial charge >= 0.3 is 0 Å². The topological polar surface area (TPSA) is 73.1 Å². The molecule has 1 aliphatic rings. The first-order chi connectivity index (χ1) is 13.2. The zero-order valence-electron chi connectivity index (χ0n) is 15.5. The molecule has 2 atom stereocenters. The number of hydrogen-bond donors (Lipinski definition) is 2. The number of carbonyl (C=O) groups is 1. The SMILES string of the molecule is N#C[C@@H](CC(=O)[C@@H]1CCCCN1)Cc1ccc(-c2cccc(CO)c2)cc1. The van der Waals surface area contributed by atoms with Crippen LogP contribution in [0.2, 0.25) is 0 Å². The maximum Gasteiger partial charge on any atom is 0.151 e. The average molecular weight is 362 g/mol. The number of Topliss-reactive ketones (excluding diaryl/α,β-unsaturated/α-hetero) is 1. The number of nitriles is 1. The lowest BCUT2D eigenvalue weighted by Gasteiger charge is -2.23. The summed E-state index contributed by atoms with van der Waals surface area (Å²) < 4.78 is 0. The molecule has 2 aromatic rings. The smallest absolute Gasteiger partial charge is 0.151 e. The molecule has 3 rings (SSSR count). The van der Waals surface area contributed by atoms with Crippen LogP contribution >= 0.6 is 0 Å². The van der Waals surface area contributed by atoms with Crippen molar-refractivity contribution in [3.63, 3.8) is 0 Å². The molecule has 0 spiro atoms. The molecule has 0 unspecified atom stereocenters. The summed E-state index contributed by atoms with van der Waals surface area (Å²) in [6, 6.07) is 18.2. The van der Waals surface area contributed by atoms with Gasteiger partial charge < -0.3 is 10.4 Å². The molecule has 1 aliphatic heterocycles. The van der Waals surface area contributed by atoms with Crippen LogP contribution in [0.4, 0.5) is 0 Å². The summed E-state index contributed by atoms with van der Waals surface area (Å²) in [6.07, 6.45) is 4.00. The molecular formula is C23H26N2O2. The molecule has 27 heavy (non-hydrogen) atoms. The lowest BCUT2D eigenvalue weighted by atomic mass is 9.90. The third-order valence-electron chi connectivity index (χ3n) is 5.21.